The first-order valence-corrected chi connectivity index (χ1v) is 11.2. The molecule has 2 aromatic carbocycles. The van der Waals surface area contributed by atoms with Crippen molar-refractivity contribution < 1.29 is 12.8 Å². The van der Waals surface area contributed by atoms with Crippen molar-refractivity contribution in [3.05, 3.63) is 64.4 Å². The van der Waals surface area contributed by atoms with Crippen LogP contribution < -0.4 is 15.4 Å². The molecule has 0 amide bonds. The smallest absolute Gasteiger partial charge is 0.229 e. The number of anilines is 1. The lowest BCUT2D eigenvalue weighted by atomic mass is 9.84. The Kier molecular flexibility index (Phi) is 9.83. The number of halogens is 3. The number of nitrogens with zero attached hydrogens (tertiary/aromatic N) is 1. The highest BCUT2D eigenvalue weighted by molar-refractivity contribution is 14.0. The number of rotatable bonds is 7. The Balaban J connectivity index is 0.00000450. The van der Waals surface area contributed by atoms with Crippen LogP contribution in [-0.2, 0) is 22.0 Å². The number of aliphatic imine (C=N–C) groups is 1. The first-order chi connectivity index (χ1) is 13.5. The lowest BCUT2D eigenvalue weighted by molar-refractivity contribution is 0.507. The summed E-state index contributed by atoms with van der Waals surface area (Å²) in [4.78, 5) is 4.20. The van der Waals surface area contributed by atoms with E-state index < -0.39 is 10.0 Å². The maximum absolute atomic E-state index is 13.3. The Morgan fingerprint density at radius 2 is 1.83 bits per heavy atom. The third kappa shape index (κ3) is 7.92. The average molecular weight is 569 g/mol. The van der Waals surface area contributed by atoms with E-state index in [9.17, 15) is 12.8 Å². The molecule has 10 heteroatoms. The molecular weight excluding hydrogens is 542 g/mol. The SMILES string of the molecule is CN=C(NCc1ccccc1NS(C)(=O)=O)NCC(C)(C)c1ccc(F)cc1Cl.I. The first-order valence-electron chi connectivity index (χ1n) is 8.97. The highest BCUT2D eigenvalue weighted by atomic mass is 127. The molecule has 0 spiro atoms. The maximum Gasteiger partial charge on any atom is 0.229 e. The lowest BCUT2D eigenvalue weighted by Crippen LogP contribution is -2.43. The van der Waals surface area contributed by atoms with Crippen LogP contribution in [0.5, 0.6) is 0 Å². The second-order valence-electron chi connectivity index (χ2n) is 7.32. The fourth-order valence-corrected chi connectivity index (χ4v) is 3.83. The van der Waals surface area contributed by atoms with Gasteiger partial charge < -0.3 is 10.6 Å². The molecule has 0 aliphatic carbocycles. The fourth-order valence-electron chi connectivity index (χ4n) is 2.81. The quantitative estimate of drug-likeness (QED) is 0.267. The zero-order valence-corrected chi connectivity index (χ0v) is 21.2. The minimum Gasteiger partial charge on any atom is -0.356 e. The Labute approximate surface area is 199 Å². The van der Waals surface area contributed by atoms with E-state index in [4.69, 9.17) is 11.6 Å². The summed E-state index contributed by atoms with van der Waals surface area (Å²) < 4.78 is 38.9. The van der Waals surface area contributed by atoms with Crippen LogP contribution in [0.4, 0.5) is 10.1 Å². The molecular formula is C20H27ClFIN4O2S. The predicted molar refractivity (Wildman–Crippen MR) is 133 cm³/mol. The van der Waals surface area contributed by atoms with Gasteiger partial charge in [0.05, 0.1) is 11.9 Å². The summed E-state index contributed by atoms with van der Waals surface area (Å²) in [6.45, 7) is 4.87. The van der Waals surface area contributed by atoms with Gasteiger partial charge in [0.15, 0.2) is 5.96 Å². The van der Waals surface area contributed by atoms with Crippen LogP contribution >= 0.6 is 35.6 Å². The Morgan fingerprint density at radius 3 is 2.43 bits per heavy atom. The first kappa shape index (κ1) is 26.4. The molecule has 0 heterocycles. The number of para-hydroxylation sites is 1. The van der Waals surface area contributed by atoms with Crippen molar-refractivity contribution in [1.82, 2.24) is 10.6 Å². The zero-order chi connectivity index (χ0) is 21.7. The average Bonchev–Trinajstić information content (AvgIpc) is 2.61. The molecule has 2 aromatic rings. The molecule has 0 aliphatic heterocycles. The Bertz CT molecular complexity index is 1000. The number of hydrogen-bond donors (Lipinski definition) is 3. The van der Waals surface area contributed by atoms with E-state index in [1.165, 1.54) is 12.1 Å². The molecule has 0 fully saturated rings. The number of nitrogens with one attached hydrogen (secondary N) is 3. The van der Waals surface area contributed by atoms with Crippen molar-refractivity contribution in [2.24, 2.45) is 4.99 Å². The van der Waals surface area contributed by atoms with Crippen LogP contribution in [0.25, 0.3) is 0 Å². The number of sulfonamides is 1. The number of hydrogen-bond acceptors (Lipinski definition) is 3. The van der Waals surface area contributed by atoms with Crippen LogP contribution in [0.15, 0.2) is 47.5 Å². The molecule has 30 heavy (non-hydrogen) atoms. The molecule has 166 valence electrons. The third-order valence-corrected chi connectivity index (χ3v) is 5.24. The summed E-state index contributed by atoms with van der Waals surface area (Å²) in [6.07, 6.45) is 1.11. The predicted octanol–water partition coefficient (Wildman–Crippen LogP) is 4.11. The van der Waals surface area contributed by atoms with Gasteiger partial charge >= 0.3 is 0 Å². The van der Waals surface area contributed by atoms with Gasteiger partial charge in [0.25, 0.3) is 0 Å². The van der Waals surface area contributed by atoms with Gasteiger partial charge in [-0.3, -0.25) is 9.71 Å². The van der Waals surface area contributed by atoms with Crippen LogP contribution in [0.2, 0.25) is 5.02 Å². The monoisotopic (exact) mass is 568 g/mol. The second-order valence-corrected chi connectivity index (χ2v) is 9.47. The van der Waals surface area contributed by atoms with E-state index >= 15 is 0 Å². The minimum absolute atomic E-state index is 0. The van der Waals surface area contributed by atoms with Gasteiger partial charge in [0.2, 0.25) is 10.0 Å². The molecule has 0 aromatic heterocycles. The van der Waals surface area contributed by atoms with E-state index in [1.807, 2.05) is 26.0 Å². The van der Waals surface area contributed by atoms with Gasteiger partial charge in [-0.05, 0) is 29.3 Å². The van der Waals surface area contributed by atoms with E-state index in [0.717, 1.165) is 17.4 Å². The van der Waals surface area contributed by atoms with Crippen molar-refractivity contribution in [2.75, 3.05) is 24.6 Å². The standard InChI is InChI=1S/C20H26ClFN4O2S.HI/c1-20(2,16-10-9-15(22)11-17(16)21)13-25-19(23-3)24-12-14-7-5-6-8-18(14)26-29(4,27)28;/h5-11,26H,12-13H2,1-4H3,(H2,23,24,25);1H. The molecule has 0 saturated carbocycles. The Hall–Kier alpha value is -1.59. The van der Waals surface area contributed by atoms with Crippen molar-refractivity contribution >= 4 is 57.2 Å². The number of benzene rings is 2. The van der Waals surface area contributed by atoms with Crippen LogP contribution in [-0.4, -0.2) is 34.2 Å². The van der Waals surface area contributed by atoms with Crippen LogP contribution in [0.3, 0.4) is 0 Å². The van der Waals surface area contributed by atoms with E-state index in [2.05, 4.69) is 20.3 Å². The maximum atomic E-state index is 13.3. The van der Waals surface area contributed by atoms with Crippen molar-refractivity contribution in [3.63, 3.8) is 0 Å². The normalized spacial score (nSPS) is 12.1. The molecule has 3 N–H and O–H groups in total. The topological polar surface area (TPSA) is 82.6 Å². The van der Waals surface area contributed by atoms with Gasteiger partial charge in [0.1, 0.15) is 5.82 Å². The molecule has 0 atom stereocenters. The van der Waals surface area contributed by atoms with E-state index in [0.29, 0.717) is 29.8 Å². The molecule has 2 rings (SSSR count). The van der Waals surface area contributed by atoms with Gasteiger partial charge in [-0.1, -0.05) is 49.7 Å². The number of guanidine groups is 1. The lowest BCUT2D eigenvalue weighted by Gasteiger charge is -2.28. The van der Waals surface area contributed by atoms with Crippen molar-refractivity contribution in [3.8, 4) is 0 Å². The van der Waals surface area contributed by atoms with Crippen molar-refractivity contribution in [2.45, 2.75) is 25.8 Å². The van der Waals surface area contributed by atoms with Crippen LogP contribution in [0.1, 0.15) is 25.0 Å². The van der Waals surface area contributed by atoms with E-state index in [-0.39, 0.29) is 35.2 Å². The molecule has 6 nitrogen and oxygen atoms in total. The molecule has 0 radical (unpaired) electrons. The van der Waals surface area contributed by atoms with Gasteiger partial charge in [-0.25, -0.2) is 12.8 Å². The summed E-state index contributed by atoms with van der Waals surface area (Å²) in [5.74, 6) is 0.173. The fraction of sp³-hybridized carbons (Fsp3) is 0.350. The largest absolute Gasteiger partial charge is 0.356 e. The summed E-state index contributed by atoms with van der Waals surface area (Å²) in [5.41, 5.74) is 1.74. The summed E-state index contributed by atoms with van der Waals surface area (Å²) in [7, 11) is -1.73. The summed E-state index contributed by atoms with van der Waals surface area (Å²) in [6, 6.07) is 11.5. The van der Waals surface area contributed by atoms with Gasteiger partial charge in [-0.15, -0.1) is 24.0 Å². The summed E-state index contributed by atoms with van der Waals surface area (Å²) in [5, 5.41) is 6.78. The molecule has 0 aliphatic rings. The van der Waals surface area contributed by atoms with Gasteiger partial charge in [-0.2, -0.15) is 0 Å². The third-order valence-electron chi connectivity index (χ3n) is 4.34. The van der Waals surface area contributed by atoms with Gasteiger partial charge in [0, 0.05) is 30.6 Å². The zero-order valence-electron chi connectivity index (χ0n) is 17.3. The van der Waals surface area contributed by atoms with Crippen molar-refractivity contribution in [1.29, 1.82) is 0 Å². The molecule has 0 bridgehead atoms. The highest BCUT2D eigenvalue weighted by Crippen LogP contribution is 2.29. The molecule has 0 unspecified atom stereocenters. The highest BCUT2D eigenvalue weighted by Gasteiger charge is 2.24. The van der Waals surface area contributed by atoms with E-state index in [1.54, 1.807) is 25.2 Å². The second kappa shape index (κ2) is 11.1. The molecule has 0 saturated heterocycles. The summed E-state index contributed by atoms with van der Waals surface area (Å²) >= 11 is 6.20. The Morgan fingerprint density at radius 1 is 1.17 bits per heavy atom. The minimum atomic E-state index is -3.37. The van der Waals surface area contributed by atoms with Crippen LogP contribution in [0, 0.1) is 5.82 Å².